The third-order valence-electron chi connectivity index (χ3n) is 6.64. The monoisotopic (exact) mass is 328 g/mol. The summed E-state index contributed by atoms with van der Waals surface area (Å²) in [5.41, 5.74) is 0. The fraction of sp³-hybridized carbons (Fsp3) is 0.900. The number of hydrogen-bond acceptors (Lipinski definition) is 1. The van der Waals surface area contributed by atoms with Gasteiger partial charge in [0.15, 0.2) is 6.17 Å². The van der Waals surface area contributed by atoms with Crippen LogP contribution in [0, 0.1) is 29.6 Å². The lowest BCUT2D eigenvalue weighted by molar-refractivity contribution is -0.00370. The molecule has 2 aliphatic rings. The number of rotatable bonds is 6. The summed E-state index contributed by atoms with van der Waals surface area (Å²) in [7, 11) is 0. The Bertz CT molecular complexity index is 355. The van der Waals surface area contributed by atoms with E-state index in [2.05, 4.69) is 12.7 Å². The van der Waals surface area contributed by atoms with Crippen molar-refractivity contribution in [1.29, 1.82) is 0 Å². The van der Waals surface area contributed by atoms with Gasteiger partial charge in [0, 0.05) is 0 Å². The van der Waals surface area contributed by atoms with E-state index in [0.717, 1.165) is 37.5 Å². The zero-order valence-electron chi connectivity index (χ0n) is 14.8. The van der Waals surface area contributed by atoms with E-state index in [9.17, 15) is 13.9 Å². The van der Waals surface area contributed by atoms with Crippen LogP contribution in [-0.4, -0.2) is 23.6 Å². The fourth-order valence-electron chi connectivity index (χ4n) is 4.81. The standard InChI is InChI=1S/C20H34F2O/c1-4-15-5-7-17(8-6-15)18-11-9-16(10-12-18)13(2)19(21)20(22)14(3)23/h4,13-20,23H,1,5-12H2,2-3H3. The molecule has 0 heterocycles. The van der Waals surface area contributed by atoms with Gasteiger partial charge in [-0.05, 0) is 87.9 Å². The summed E-state index contributed by atoms with van der Waals surface area (Å²) in [5, 5.41) is 9.27. The SMILES string of the molecule is C=CC1CCC(C2CCC(C(C)C(F)C(F)C(C)O)CC2)CC1. The molecule has 4 atom stereocenters. The van der Waals surface area contributed by atoms with E-state index in [1.165, 1.54) is 32.6 Å². The van der Waals surface area contributed by atoms with Crippen LogP contribution >= 0.6 is 0 Å². The zero-order chi connectivity index (χ0) is 17.0. The molecule has 0 aliphatic heterocycles. The van der Waals surface area contributed by atoms with Gasteiger partial charge in [0.25, 0.3) is 0 Å². The van der Waals surface area contributed by atoms with Crippen LogP contribution in [0.2, 0.25) is 0 Å². The van der Waals surface area contributed by atoms with E-state index in [1.54, 1.807) is 0 Å². The van der Waals surface area contributed by atoms with Crippen LogP contribution in [0.4, 0.5) is 8.78 Å². The van der Waals surface area contributed by atoms with E-state index in [4.69, 9.17) is 0 Å². The second kappa shape index (κ2) is 8.60. The fourth-order valence-corrected chi connectivity index (χ4v) is 4.81. The van der Waals surface area contributed by atoms with Gasteiger partial charge < -0.3 is 5.11 Å². The minimum absolute atomic E-state index is 0.266. The summed E-state index contributed by atoms with van der Waals surface area (Å²) in [6.45, 7) is 7.06. The van der Waals surface area contributed by atoms with Crippen molar-refractivity contribution < 1.29 is 13.9 Å². The smallest absolute Gasteiger partial charge is 0.157 e. The van der Waals surface area contributed by atoms with Crippen LogP contribution in [0.1, 0.15) is 65.2 Å². The van der Waals surface area contributed by atoms with Crippen molar-refractivity contribution in [3.05, 3.63) is 12.7 Å². The van der Waals surface area contributed by atoms with E-state index >= 15 is 0 Å². The minimum Gasteiger partial charge on any atom is -0.390 e. The Balaban J connectivity index is 1.78. The zero-order valence-corrected chi connectivity index (χ0v) is 14.8. The molecule has 0 aromatic rings. The maximum absolute atomic E-state index is 14.2. The van der Waals surface area contributed by atoms with Crippen LogP contribution in [-0.2, 0) is 0 Å². The Hall–Kier alpha value is -0.440. The quantitative estimate of drug-likeness (QED) is 0.640. The van der Waals surface area contributed by atoms with Crippen molar-refractivity contribution in [2.45, 2.75) is 83.7 Å². The first-order chi connectivity index (χ1) is 10.9. The lowest BCUT2D eigenvalue weighted by Gasteiger charge is -2.39. The number of allylic oxidation sites excluding steroid dienone is 1. The molecule has 4 unspecified atom stereocenters. The highest BCUT2D eigenvalue weighted by Crippen LogP contribution is 2.44. The van der Waals surface area contributed by atoms with E-state index in [1.807, 2.05) is 6.92 Å². The van der Waals surface area contributed by atoms with Crippen molar-refractivity contribution in [2.24, 2.45) is 29.6 Å². The van der Waals surface area contributed by atoms with E-state index in [-0.39, 0.29) is 11.8 Å². The van der Waals surface area contributed by atoms with Crippen LogP contribution in [0.25, 0.3) is 0 Å². The highest BCUT2D eigenvalue weighted by Gasteiger charge is 2.37. The molecule has 0 saturated heterocycles. The second-order valence-corrected chi connectivity index (χ2v) is 8.07. The molecule has 1 N–H and O–H groups in total. The Labute approximate surface area is 140 Å². The molecule has 0 aromatic heterocycles. The summed E-state index contributed by atoms with van der Waals surface area (Å²) in [4.78, 5) is 0. The van der Waals surface area contributed by atoms with Gasteiger partial charge in [-0.3, -0.25) is 0 Å². The number of hydrogen-bond donors (Lipinski definition) is 1. The maximum atomic E-state index is 14.2. The summed E-state index contributed by atoms with van der Waals surface area (Å²) >= 11 is 0. The third-order valence-corrected chi connectivity index (χ3v) is 6.64. The molecule has 23 heavy (non-hydrogen) atoms. The first-order valence-electron chi connectivity index (χ1n) is 9.52. The summed E-state index contributed by atoms with van der Waals surface area (Å²) < 4.78 is 27.9. The Morgan fingerprint density at radius 3 is 1.78 bits per heavy atom. The third kappa shape index (κ3) is 4.78. The molecule has 2 aliphatic carbocycles. The summed E-state index contributed by atoms with van der Waals surface area (Å²) in [5.74, 6) is 2.28. The Kier molecular flexibility index (Phi) is 7.06. The number of halogens is 2. The Morgan fingerprint density at radius 1 is 0.870 bits per heavy atom. The number of alkyl halides is 2. The first kappa shape index (κ1) is 18.9. The molecule has 0 aromatic carbocycles. The number of aliphatic hydroxyl groups excluding tert-OH is 1. The predicted octanol–water partition coefficient (Wildman–Crippen LogP) is 5.48. The van der Waals surface area contributed by atoms with Gasteiger partial charge in [-0.2, -0.15) is 0 Å². The first-order valence-corrected chi connectivity index (χ1v) is 9.52. The van der Waals surface area contributed by atoms with Crippen molar-refractivity contribution in [2.75, 3.05) is 0 Å². The molecule has 0 amide bonds. The van der Waals surface area contributed by atoms with Crippen LogP contribution < -0.4 is 0 Å². The van der Waals surface area contributed by atoms with Gasteiger partial charge in [0.05, 0.1) is 6.10 Å². The van der Waals surface area contributed by atoms with Gasteiger partial charge >= 0.3 is 0 Å². The summed E-state index contributed by atoms with van der Waals surface area (Å²) in [6, 6.07) is 0. The molecule has 2 fully saturated rings. The largest absolute Gasteiger partial charge is 0.390 e. The molecule has 134 valence electrons. The van der Waals surface area contributed by atoms with Crippen LogP contribution in [0.3, 0.4) is 0 Å². The van der Waals surface area contributed by atoms with Crippen LogP contribution in [0.5, 0.6) is 0 Å². The molecular formula is C20H34F2O. The normalized spacial score (nSPS) is 37.6. The topological polar surface area (TPSA) is 20.2 Å². The Morgan fingerprint density at radius 2 is 1.35 bits per heavy atom. The highest BCUT2D eigenvalue weighted by molar-refractivity contribution is 4.89. The molecule has 0 spiro atoms. The van der Waals surface area contributed by atoms with Gasteiger partial charge in [0.1, 0.15) is 6.17 Å². The molecule has 1 nitrogen and oxygen atoms in total. The molecule has 0 bridgehead atoms. The average Bonchev–Trinajstić information content (AvgIpc) is 2.60. The van der Waals surface area contributed by atoms with Gasteiger partial charge in [0.2, 0.25) is 0 Å². The van der Waals surface area contributed by atoms with Gasteiger partial charge in [-0.1, -0.05) is 13.0 Å². The lowest BCUT2D eigenvalue weighted by Crippen LogP contribution is -2.38. The maximum Gasteiger partial charge on any atom is 0.157 e. The minimum atomic E-state index is -1.75. The summed E-state index contributed by atoms with van der Waals surface area (Å²) in [6.07, 6.45) is 7.10. The van der Waals surface area contributed by atoms with E-state index in [0.29, 0.717) is 5.92 Å². The molecule has 2 saturated carbocycles. The van der Waals surface area contributed by atoms with Crippen molar-refractivity contribution in [1.82, 2.24) is 0 Å². The van der Waals surface area contributed by atoms with E-state index < -0.39 is 18.4 Å². The van der Waals surface area contributed by atoms with Crippen molar-refractivity contribution in [3.63, 3.8) is 0 Å². The van der Waals surface area contributed by atoms with Crippen molar-refractivity contribution >= 4 is 0 Å². The predicted molar refractivity (Wildman–Crippen MR) is 91.7 cm³/mol. The molecule has 3 heteroatoms. The van der Waals surface area contributed by atoms with Gasteiger partial charge in [-0.15, -0.1) is 6.58 Å². The second-order valence-electron chi connectivity index (χ2n) is 8.07. The van der Waals surface area contributed by atoms with Crippen LogP contribution in [0.15, 0.2) is 12.7 Å². The van der Waals surface area contributed by atoms with Crippen molar-refractivity contribution in [3.8, 4) is 0 Å². The lowest BCUT2D eigenvalue weighted by atomic mass is 9.67. The molecule has 0 radical (unpaired) electrons. The molecular weight excluding hydrogens is 294 g/mol. The average molecular weight is 328 g/mol. The molecule has 2 rings (SSSR count). The highest BCUT2D eigenvalue weighted by atomic mass is 19.2. The number of aliphatic hydroxyl groups is 1. The van der Waals surface area contributed by atoms with Gasteiger partial charge in [-0.25, -0.2) is 8.78 Å².